The van der Waals surface area contributed by atoms with Crippen LogP contribution in [0.1, 0.15) is 12.0 Å². The molecule has 0 aliphatic heterocycles. The number of hydrogen-bond acceptors (Lipinski definition) is 6. The Kier molecular flexibility index (Phi) is 10.8. The largest absolute Gasteiger partial charge is 0.447 e. The van der Waals surface area contributed by atoms with Gasteiger partial charge in [0, 0.05) is 25.2 Å². The van der Waals surface area contributed by atoms with Gasteiger partial charge in [0.05, 0.1) is 17.6 Å². The van der Waals surface area contributed by atoms with Crippen molar-refractivity contribution in [3.8, 4) is 11.3 Å². The third kappa shape index (κ3) is 8.67. The lowest BCUT2D eigenvalue weighted by atomic mass is 10.2. The first kappa shape index (κ1) is 28.8. The highest BCUT2D eigenvalue weighted by Gasteiger charge is 2.22. The van der Waals surface area contributed by atoms with Crippen molar-refractivity contribution in [1.29, 1.82) is 0 Å². The lowest BCUT2D eigenvalue weighted by Crippen LogP contribution is -2.47. The molecule has 0 spiro atoms. The molecule has 9 nitrogen and oxygen atoms in total. The van der Waals surface area contributed by atoms with Gasteiger partial charge in [0.1, 0.15) is 12.4 Å². The van der Waals surface area contributed by atoms with Crippen LogP contribution < -0.4 is 16.0 Å². The van der Waals surface area contributed by atoms with Crippen LogP contribution in [0.5, 0.6) is 0 Å². The number of halogens is 4. The Morgan fingerprint density at radius 3 is 2.66 bits per heavy atom. The number of benzene rings is 2. The number of ether oxygens (including phenoxy) is 1. The van der Waals surface area contributed by atoms with E-state index in [4.69, 9.17) is 20.9 Å². The second-order valence-electron chi connectivity index (χ2n) is 8.19. The zero-order valence-corrected chi connectivity index (χ0v) is 21.2. The van der Waals surface area contributed by atoms with E-state index in [1.54, 1.807) is 6.07 Å². The summed E-state index contributed by atoms with van der Waals surface area (Å²) in [6.45, 7) is -0.668. The second kappa shape index (κ2) is 14.2. The summed E-state index contributed by atoms with van der Waals surface area (Å²) in [6, 6.07) is 13.7. The predicted octanol–water partition coefficient (Wildman–Crippen LogP) is 5.14. The Bertz CT molecular complexity index is 1200. The van der Waals surface area contributed by atoms with Gasteiger partial charge in [0.15, 0.2) is 11.6 Å². The summed E-state index contributed by atoms with van der Waals surface area (Å²) < 4.78 is 49.1. The first-order valence-electron chi connectivity index (χ1n) is 11.6. The number of carbonyl (C=O) groups is 2. The van der Waals surface area contributed by atoms with Crippen LogP contribution in [0.25, 0.3) is 11.3 Å². The number of nitrogens with one attached hydrogen (secondary N) is 3. The number of alkyl halides is 2. The Labute approximate surface area is 222 Å². The van der Waals surface area contributed by atoms with E-state index < -0.39 is 37.0 Å². The van der Waals surface area contributed by atoms with Crippen molar-refractivity contribution in [2.75, 3.05) is 32.1 Å². The van der Waals surface area contributed by atoms with Crippen LogP contribution in [0.2, 0.25) is 5.02 Å². The molecular formula is C25H27ClF3N5O4. The maximum atomic E-state index is 13.7. The lowest BCUT2D eigenvalue weighted by Gasteiger charge is -2.28. The molecule has 0 aliphatic rings. The van der Waals surface area contributed by atoms with Gasteiger partial charge in [-0.3, -0.25) is 5.32 Å². The van der Waals surface area contributed by atoms with Gasteiger partial charge < -0.3 is 24.8 Å². The molecule has 2 aromatic carbocycles. The molecule has 0 fully saturated rings. The minimum atomic E-state index is -2.53. The highest BCUT2D eigenvalue weighted by atomic mass is 35.5. The topological polar surface area (TPSA) is 109 Å². The summed E-state index contributed by atoms with van der Waals surface area (Å²) in [5, 5.41) is 11.3. The van der Waals surface area contributed by atoms with E-state index in [1.807, 2.05) is 30.3 Å². The number of amides is 3. The molecule has 13 heteroatoms. The SMILES string of the molecule is CN(C(=O)NCc1cccc(F)c1Cl)[C@@H](CCNCC(F)F)COC(=O)Nc1cc(-c2ccccc2)on1. The van der Waals surface area contributed by atoms with E-state index in [0.717, 1.165) is 5.56 Å². The summed E-state index contributed by atoms with van der Waals surface area (Å²) in [7, 11) is 1.46. The van der Waals surface area contributed by atoms with Gasteiger partial charge in [-0.15, -0.1) is 0 Å². The molecule has 0 bridgehead atoms. The fourth-order valence-electron chi connectivity index (χ4n) is 3.40. The van der Waals surface area contributed by atoms with Crippen molar-refractivity contribution in [2.45, 2.75) is 25.4 Å². The van der Waals surface area contributed by atoms with Crippen LogP contribution >= 0.6 is 11.6 Å². The van der Waals surface area contributed by atoms with Gasteiger partial charge in [-0.1, -0.05) is 59.2 Å². The average Bonchev–Trinajstić information content (AvgIpc) is 3.37. The molecule has 1 atom stereocenters. The van der Waals surface area contributed by atoms with Crippen molar-refractivity contribution >= 4 is 29.5 Å². The van der Waals surface area contributed by atoms with E-state index in [0.29, 0.717) is 11.3 Å². The molecular weight excluding hydrogens is 527 g/mol. The molecule has 1 heterocycles. The fourth-order valence-corrected chi connectivity index (χ4v) is 3.59. The number of carbonyl (C=O) groups excluding carboxylic acids is 2. The third-order valence-electron chi connectivity index (χ3n) is 5.49. The van der Waals surface area contributed by atoms with E-state index >= 15 is 0 Å². The van der Waals surface area contributed by atoms with Crippen LogP contribution in [0, 0.1) is 5.82 Å². The Morgan fingerprint density at radius 1 is 1.16 bits per heavy atom. The van der Waals surface area contributed by atoms with Crippen molar-refractivity contribution in [3.63, 3.8) is 0 Å². The molecule has 3 amide bonds. The normalized spacial score (nSPS) is 11.7. The highest BCUT2D eigenvalue weighted by molar-refractivity contribution is 6.31. The van der Waals surface area contributed by atoms with Crippen molar-refractivity contribution in [1.82, 2.24) is 20.7 Å². The van der Waals surface area contributed by atoms with E-state index in [1.165, 1.54) is 30.1 Å². The Balaban J connectivity index is 1.56. The summed E-state index contributed by atoms with van der Waals surface area (Å²) >= 11 is 5.93. The molecule has 0 unspecified atom stereocenters. The molecule has 1 aromatic heterocycles. The molecule has 3 rings (SSSR count). The smallest absolute Gasteiger partial charge is 0.412 e. The van der Waals surface area contributed by atoms with Gasteiger partial charge in [-0.25, -0.2) is 22.8 Å². The zero-order chi connectivity index (χ0) is 27.5. The summed E-state index contributed by atoms with van der Waals surface area (Å²) in [4.78, 5) is 26.4. The monoisotopic (exact) mass is 553 g/mol. The van der Waals surface area contributed by atoms with Crippen LogP contribution in [0.4, 0.5) is 28.6 Å². The predicted molar refractivity (Wildman–Crippen MR) is 136 cm³/mol. The summed E-state index contributed by atoms with van der Waals surface area (Å²) in [5.41, 5.74) is 1.15. The van der Waals surface area contributed by atoms with E-state index in [9.17, 15) is 22.8 Å². The summed E-state index contributed by atoms with van der Waals surface area (Å²) in [5.74, 6) is -0.0436. The van der Waals surface area contributed by atoms with Gasteiger partial charge >= 0.3 is 12.1 Å². The third-order valence-corrected chi connectivity index (χ3v) is 5.91. The Hall–Kier alpha value is -3.77. The minimum absolute atomic E-state index is 0.0482. The number of nitrogens with zero attached hydrogens (tertiary/aromatic N) is 2. The van der Waals surface area contributed by atoms with Crippen molar-refractivity contribution in [2.24, 2.45) is 0 Å². The number of anilines is 1. The highest BCUT2D eigenvalue weighted by Crippen LogP contribution is 2.22. The lowest BCUT2D eigenvalue weighted by molar-refractivity contribution is 0.111. The number of aromatic nitrogens is 1. The van der Waals surface area contributed by atoms with Crippen LogP contribution in [-0.2, 0) is 11.3 Å². The first-order chi connectivity index (χ1) is 18.2. The van der Waals surface area contributed by atoms with Crippen molar-refractivity contribution in [3.05, 3.63) is 71.0 Å². The number of urea groups is 1. The van der Waals surface area contributed by atoms with E-state index in [2.05, 4.69) is 21.1 Å². The van der Waals surface area contributed by atoms with E-state index in [-0.39, 0.29) is 37.0 Å². The fraction of sp³-hybridized carbons (Fsp3) is 0.320. The first-order valence-corrected chi connectivity index (χ1v) is 12.0. The van der Waals surface area contributed by atoms with Gasteiger partial charge in [-0.05, 0) is 24.6 Å². The Morgan fingerprint density at radius 2 is 1.92 bits per heavy atom. The maximum Gasteiger partial charge on any atom is 0.412 e. The molecule has 3 aromatic rings. The van der Waals surface area contributed by atoms with Gasteiger partial charge in [0.25, 0.3) is 6.43 Å². The van der Waals surface area contributed by atoms with Gasteiger partial charge in [0.2, 0.25) is 0 Å². The minimum Gasteiger partial charge on any atom is -0.447 e. The van der Waals surface area contributed by atoms with Crippen LogP contribution in [-0.4, -0.2) is 61.4 Å². The molecule has 0 radical (unpaired) electrons. The molecule has 0 aliphatic carbocycles. The standard InChI is InChI=1S/C25H27ClF3N5O4/c1-34(24(35)31-13-17-8-5-9-19(27)23(17)26)18(10-11-30-14-21(28)29)15-37-25(36)32-22-12-20(38-33-22)16-6-3-2-4-7-16/h2-9,12,18,21,30H,10-11,13-15H2,1H3,(H,31,35)(H,32,33,36)/t18-/m0/s1. The second-order valence-corrected chi connectivity index (χ2v) is 8.56. The number of rotatable bonds is 12. The number of likely N-dealkylation sites (N-methyl/N-ethyl adjacent to an activating group) is 1. The maximum absolute atomic E-state index is 13.7. The number of hydrogen-bond donors (Lipinski definition) is 3. The molecule has 204 valence electrons. The van der Waals surface area contributed by atoms with Crippen LogP contribution in [0.3, 0.4) is 0 Å². The summed E-state index contributed by atoms with van der Waals surface area (Å²) in [6.07, 6.45) is -3.17. The molecule has 0 saturated carbocycles. The van der Waals surface area contributed by atoms with Crippen molar-refractivity contribution < 1.29 is 32.0 Å². The van der Waals surface area contributed by atoms with Crippen LogP contribution in [0.15, 0.2) is 59.1 Å². The quantitative estimate of drug-likeness (QED) is 0.268. The average molecular weight is 554 g/mol. The molecule has 38 heavy (non-hydrogen) atoms. The van der Waals surface area contributed by atoms with Gasteiger partial charge in [-0.2, -0.15) is 0 Å². The molecule has 0 saturated heterocycles. The zero-order valence-electron chi connectivity index (χ0n) is 20.4. The molecule has 3 N–H and O–H groups in total.